The fraction of sp³-hybridized carbons (Fsp3) is 0.412. The van der Waals surface area contributed by atoms with Crippen molar-refractivity contribution in [2.45, 2.75) is 62.9 Å². The summed E-state index contributed by atoms with van der Waals surface area (Å²) in [6, 6.07) is 3.64. The summed E-state index contributed by atoms with van der Waals surface area (Å²) < 4.78 is 88.7. The van der Waals surface area contributed by atoms with Crippen molar-refractivity contribution in [3.63, 3.8) is 0 Å². The first-order chi connectivity index (χ1) is 23.4. The van der Waals surface area contributed by atoms with Gasteiger partial charge in [-0.05, 0) is 69.5 Å². The molecule has 5 heterocycles. The van der Waals surface area contributed by atoms with Crippen LogP contribution in [0.2, 0.25) is 0 Å². The van der Waals surface area contributed by atoms with E-state index in [-0.39, 0.29) is 61.5 Å². The van der Waals surface area contributed by atoms with E-state index in [1.807, 2.05) is 6.07 Å². The van der Waals surface area contributed by atoms with Crippen LogP contribution in [-0.2, 0) is 11.0 Å². The molecule has 0 radical (unpaired) electrons. The van der Waals surface area contributed by atoms with Gasteiger partial charge in [0.1, 0.15) is 35.1 Å². The van der Waals surface area contributed by atoms with Gasteiger partial charge in [-0.1, -0.05) is 12.6 Å². The van der Waals surface area contributed by atoms with E-state index in [0.29, 0.717) is 30.4 Å². The number of nitriles is 1. The zero-order chi connectivity index (χ0) is 34.8. The molecule has 2 N–H and O–H groups in total. The third-order valence-electron chi connectivity index (χ3n) is 10.1. The number of ether oxygens (including phenoxy) is 2. The number of aromatic nitrogens is 2. The number of hydrogen-bond donors (Lipinski definition) is 1. The van der Waals surface area contributed by atoms with Crippen molar-refractivity contribution in [1.29, 1.82) is 5.26 Å². The molecule has 0 spiro atoms. The molecule has 3 saturated heterocycles. The van der Waals surface area contributed by atoms with Crippen molar-refractivity contribution in [1.82, 2.24) is 19.8 Å². The van der Waals surface area contributed by atoms with Gasteiger partial charge >= 0.3 is 12.2 Å². The number of anilines is 1. The highest BCUT2D eigenvalue weighted by molar-refractivity contribution is 7.23. The molecular weight excluding hydrogens is 667 g/mol. The molecule has 3 aliphatic heterocycles. The average molecular weight is 699 g/mol. The molecule has 256 valence electrons. The number of thiophene rings is 1. The fourth-order valence-electron chi connectivity index (χ4n) is 7.63. The first kappa shape index (κ1) is 33.0. The van der Waals surface area contributed by atoms with E-state index in [9.17, 15) is 27.6 Å². The topological polar surface area (TPSA) is 118 Å². The lowest BCUT2D eigenvalue weighted by Gasteiger charge is -2.31. The van der Waals surface area contributed by atoms with Crippen LogP contribution in [0.1, 0.15) is 50.2 Å². The third-order valence-corrected chi connectivity index (χ3v) is 11.1. The van der Waals surface area contributed by atoms with Gasteiger partial charge in [-0.15, -0.1) is 11.3 Å². The lowest BCUT2D eigenvalue weighted by atomic mass is 9.92. The Morgan fingerprint density at radius 3 is 2.63 bits per heavy atom. The maximum absolute atomic E-state index is 17.0. The number of alkyl halides is 3. The first-order valence-corrected chi connectivity index (χ1v) is 16.7. The van der Waals surface area contributed by atoms with Gasteiger partial charge in [-0.2, -0.15) is 28.4 Å². The van der Waals surface area contributed by atoms with Crippen LogP contribution < -0.4 is 15.2 Å². The summed E-state index contributed by atoms with van der Waals surface area (Å²) in [7, 11) is 0. The molecule has 0 saturated carbocycles. The van der Waals surface area contributed by atoms with Crippen LogP contribution >= 0.6 is 11.3 Å². The largest absolute Gasteiger partial charge is 0.471 e. The highest BCUT2D eigenvalue weighted by atomic mass is 32.1. The Balaban J connectivity index is 1.43. The number of carbonyl (C=O) groups excluding carboxylic acids is 1. The Morgan fingerprint density at radius 2 is 1.96 bits per heavy atom. The number of hydrogen-bond acceptors (Lipinski definition) is 9. The van der Waals surface area contributed by atoms with E-state index in [2.05, 4.69) is 21.4 Å². The fourth-order valence-corrected chi connectivity index (χ4v) is 8.58. The van der Waals surface area contributed by atoms with Crippen LogP contribution in [0.3, 0.4) is 0 Å². The van der Waals surface area contributed by atoms with E-state index in [4.69, 9.17) is 15.2 Å². The van der Waals surface area contributed by atoms with Crippen molar-refractivity contribution in [3.8, 4) is 29.1 Å². The van der Waals surface area contributed by atoms with Gasteiger partial charge in [0.25, 0.3) is 0 Å². The molecule has 0 bridgehead atoms. The number of nitrogen functional groups attached to an aromatic ring is 1. The second kappa shape index (κ2) is 12.1. The normalized spacial score (nSPS) is 20.6. The number of amides is 1. The summed E-state index contributed by atoms with van der Waals surface area (Å²) in [6.45, 7) is 7.57. The Bertz CT molecular complexity index is 2050. The quantitative estimate of drug-likeness (QED) is 0.165. The Labute approximate surface area is 281 Å². The molecule has 7 rings (SSSR count). The van der Waals surface area contributed by atoms with Crippen molar-refractivity contribution >= 4 is 43.2 Å². The maximum atomic E-state index is 17.0. The van der Waals surface area contributed by atoms with E-state index < -0.39 is 46.6 Å². The molecule has 1 amide bonds. The van der Waals surface area contributed by atoms with E-state index in [0.717, 1.165) is 57.0 Å². The number of nitrogens with two attached hydrogens (primary N) is 1. The predicted molar refractivity (Wildman–Crippen MR) is 173 cm³/mol. The van der Waals surface area contributed by atoms with Crippen LogP contribution in [-0.4, -0.2) is 69.6 Å². The SMILES string of the molecule is C=CC(=O)N1CCC(Oc2nc(OCC34CCCN3CCC4)nc3c(F)c(-c4ccc(F)c5sc(N)c(C#N)c45)c(C(F)(F)F)cc23)C1C. The standard InChI is InChI=1S/C34H31F5N6O3S/c1-3-24(46)45-13-8-23(17(45)2)48-31-19-14-21(34(37,38)39)26(18-6-7-22(35)29-25(18)20(15-40)30(41)49-29)27(36)28(19)42-32(43-31)47-16-33-9-4-11-44(33)12-5-10-33/h3,6-7,14,17,23H,1,4-5,8-13,16,41H2,2H3. The second-order valence-electron chi connectivity index (χ2n) is 12.7. The van der Waals surface area contributed by atoms with Gasteiger partial charge in [0.2, 0.25) is 11.8 Å². The molecule has 2 unspecified atom stereocenters. The summed E-state index contributed by atoms with van der Waals surface area (Å²) in [5, 5.41) is 9.08. The summed E-state index contributed by atoms with van der Waals surface area (Å²) in [5.41, 5.74) is 2.22. The molecular formula is C34H31F5N6O3S. The van der Waals surface area contributed by atoms with Gasteiger partial charge in [-0.25, -0.2) is 8.78 Å². The maximum Gasteiger partial charge on any atom is 0.417 e. The van der Waals surface area contributed by atoms with Crippen molar-refractivity contribution in [2.75, 3.05) is 32.0 Å². The minimum absolute atomic E-state index is 0.116. The predicted octanol–water partition coefficient (Wildman–Crippen LogP) is 6.82. The van der Waals surface area contributed by atoms with E-state index in [1.54, 1.807) is 6.92 Å². The molecule has 49 heavy (non-hydrogen) atoms. The third kappa shape index (κ3) is 5.41. The van der Waals surface area contributed by atoms with Gasteiger partial charge in [0.05, 0.1) is 32.8 Å². The molecule has 4 aromatic rings. The molecule has 2 atom stereocenters. The van der Waals surface area contributed by atoms with Crippen molar-refractivity contribution < 1.29 is 36.2 Å². The Kier molecular flexibility index (Phi) is 8.14. The second-order valence-corrected chi connectivity index (χ2v) is 13.8. The highest BCUT2D eigenvalue weighted by Crippen LogP contribution is 2.48. The van der Waals surface area contributed by atoms with Crippen LogP contribution in [0.25, 0.3) is 32.1 Å². The Morgan fingerprint density at radius 1 is 1.22 bits per heavy atom. The van der Waals surface area contributed by atoms with Crippen LogP contribution in [0.15, 0.2) is 30.9 Å². The lowest BCUT2D eigenvalue weighted by molar-refractivity contribution is -0.137. The number of halogens is 5. The average Bonchev–Trinajstić information content (AvgIpc) is 3.83. The summed E-state index contributed by atoms with van der Waals surface area (Å²) in [4.78, 5) is 24.9. The van der Waals surface area contributed by atoms with E-state index >= 15 is 4.39 Å². The zero-order valence-electron chi connectivity index (χ0n) is 26.4. The molecule has 3 aliphatic rings. The Hall–Kier alpha value is -4.55. The minimum Gasteiger partial charge on any atom is -0.471 e. The number of carbonyl (C=O) groups is 1. The summed E-state index contributed by atoms with van der Waals surface area (Å²) >= 11 is 0.687. The van der Waals surface area contributed by atoms with Crippen LogP contribution in [0.4, 0.5) is 27.0 Å². The van der Waals surface area contributed by atoms with E-state index in [1.165, 1.54) is 4.90 Å². The van der Waals surface area contributed by atoms with Gasteiger partial charge in [0.15, 0.2) is 5.82 Å². The summed E-state index contributed by atoms with van der Waals surface area (Å²) in [5.74, 6) is -2.87. The lowest BCUT2D eigenvalue weighted by Crippen LogP contribution is -2.43. The highest BCUT2D eigenvalue weighted by Gasteiger charge is 2.45. The van der Waals surface area contributed by atoms with Crippen LogP contribution in [0, 0.1) is 23.0 Å². The monoisotopic (exact) mass is 698 g/mol. The number of fused-ring (bicyclic) bond motifs is 3. The first-order valence-electron chi connectivity index (χ1n) is 15.9. The molecule has 15 heteroatoms. The van der Waals surface area contributed by atoms with Crippen molar-refractivity contribution in [3.05, 3.63) is 53.6 Å². The molecule has 2 aromatic heterocycles. The smallest absolute Gasteiger partial charge is 0.417 e. The molecule has 0 aliphatic carbocycles. The molecule has 9 nitrogen and oxygen atoms in total. The molecule has 3 fully saturated rings. The van der Waals surface area contributed by atoms with Gasteiger partial charge < -0.3 is 20.1 Å². The number of nitrogens with zero attached hydrogens (tertiary/aromatic N) is 5. The number of likely N-dealkylation sites (tertiary alicyclic amines) is 1. The number of benzene rings is 2. The number of rotatable bonds is 7. The van der Waals surface area contributed by atoms with Gasteiger partial charge in [-0.3, -0.25) is 9.69 Å². The zero-order valence-corrected chi connectivity index (χ0v) is 27.2. The van der Waals surface area contributed by atoms with Gasteiger partial charge in [0, 0.05) is 23.9 Å². The van der Waals surface area contributed by atoms with Crippen molar-refractivity contribution in [2.24, 2.45) is 0 Å². The summed E-state index contributed by atoms with van der Waals surface area (Å²) in [6.07, 6.45) is -0.585. The molecule has 2 aromatic carbocycles. The van der Waals surface area contributed by atoms with Crippen LogP contribution in [0.5, 0.6) is 11.9 Å². The minimum atomic E-state index is -5.12.